The standard InChI is InChI=1S/C21H21F5N2O2.C2H2O4/c22-16-17(23)19(25)21(20(26)18(16)24)30-14-10-12-5-6-13(11-14)28(12)9-2-1-7-27-8-3-4-15(27)29;3-1(4)2(5)6/h12-14H,3-11H2;(H,3,4)(H,5,6)/t12-,13+,14?;. The zero-order valence-electron chi connectivity index (χ0n) is 18.9. The van der Waals surface area contributed by atoms with Crippen molar-refractivity contribution < 1.29 is 51.3 Å². The number of carbonyl (C=O) groups excluding carboxylic acids is 1. The van der Waals surface area contributed by atoms with Crippen LogP contribution in [0, 0.1) is 40.9 Å². The third-order valence-electron chi connectivity index (χ3n) is 6.31. The lowest BCUT2D eigenvalue weighted by Gasteiger charge is -2.37. The van der Waals surface area contributed by atoms with Crippen LogP contribution in [0.2, 0.25) is 0 Å². The minimum Gasteiger partial charge on any atom is -0.484 e. The Morgan fingerprint density at radius 2 is 1.36 bits per heavy atom. The topological polar surface area (TPSA) is 107 Å². The van der Waals surface area contributed by atoms with E-state index < -0.39 is 52.9 Å². The van der Waals surface area contributed by atoms with Crippen LogP contribution in [0.3, 0.4) is 0 Å². The van der Waals surface area contributed by atoms with Gasteiger partial charge in [-0.05, 0) is 32.1 Å². The fourth-order valence-corrected chi connectivity index (χ4v) is 4.60. The van der Waals surface area contributed by atoms with E-state index in [-0.39, 0.29) is 18.0 Å². The van der Waals surface area contributed by atoms with Gasteiger partial charge in [-0.1, -0.05) is 11.8 Å². The molecule has 0 saturated carbocycles. The molecule has 0 radical (unpaired) electrons. The summed E-state index contributed by atoms with van der Waals surface area (Å²) in [5.41, 5.74) is 0. The number of fused-ring (bicyclic) bond motifs is 2. The summed E-state index contributed by atoms with van der Waals surface area (Å²) in [7, 11) is 0. The monoisotopic (exact) mass is 518 g/mol. The van der Waals surface area contributed by atoms with Crippen molar-refractivity contribution >= 4 is 17.8 Å². The molecular formula is C23H23F5N2O6. The van der Waals surface area contributed by atoms with E-state index in [4.69, 9.17) is 24.5 Å². The van der Waals surface area contributed by atoms with Gasteiger partial charge in [-0.25, -0.2) is 22.8 Å². The molecule has 3 fully saturated rings. The summed E-state index contributed by atoms with van der Waals surface area (Å²) in [6, 6.07) is 0.135. The smallest absolute Gasteiger partial charge is 0.414 e. The molecule has 2 bridgehead atoms. The summed E-state index contributed by atoms with van der Waals surface area (Å²) >= 11 is 0. The predicted octanol–water partition coefficient (Wildman–Crippen LogP) is 2.54. The van der Waals surface area contributed by atoms with Crippen molar-refractivity contribution in [3.05, 3.63) is 29.1 Å². The normalized spacial score (nSPS) is 23.0. The van der Waals surface area contributed by atoms with Crippen molar-refractivity contribution in [2.24, 2.45) is 0 Å². The highest BCUT2D eigenvalue weighted by Gasteiger charge is 2.42. The second-order valence-corrected chi connectivity index (χ2v) is 8.55. The van der Waals surface area contributed by atoms with Gasteiger partial charge in [0.2, 0.25) is 35.0 Å². The van der Waals surface area contributed by atoms with Crippen LogP contribution in [-0.2, 0) is 14.4 Å². The zero-order chi connectivity index (χ0) is 26.6. The van der Waals surface area contributed by atoms with E-state index in [1.807, 2.05) is 0 Å². The molecule has 0 aliphatic carbocycles. The van der Waals surface area contributed by atoms with Gasteiger partial charge in [0.25, 0.3) is 0 Å². The van der Waals surface area contributed by atoms with Crippen LogP contribution in [0.4, 0.5) is 22.0 Å². The number of hydrogen-bond acceptors (Lipinski definition) is 5. The number of nitrogens with zero attached hydrogens (tertiary/aromatic N) is 2. The SMILES string of the molecule is O=C(O)C(=O)O.O=C1CCCN1CC#CCN1[C@@H]2CC[C@H]1CC(Oc1c(F)c(F)c(F)c(F)c1F)C2. The Morgan fingerprint density at radius 3 is 1.83 bits per heavy atom. The maximum absolute atomic E-state index is 13.9. The maximum atomic E-state index is 13.9. The second-order valence-electron chi connectivity index (χ2n) is 8.55. The van der Waals surface area contributed by atoms with Crippen LogP contribution in [0.1, 0.15) is 38.5 Å². The quantitative estimate of drug-likeness (QED) is 0.207. The van der Waals surface area contributed by atoms with Crippen LogP contribution in [-0.4, -0.2) is 75.7 Å². The Kier molecular flexibility index (Phi) is 8.73. The minimum atomic E-state index is -2.19. The molecule has 3 saturated heterocycles. The van der Waals surface area contributed by atoms with E-state index >= 15 is 0 Å². The fraction of sp³-hybridized carbons (Fsp3) is 0.522. The van der Waals surface area contributed by atoms with Crippen LogP contribution in [0.5, 0.6) is 5.75 Å². The number of likely N-dealkylation sites (tertiary alicyclic amines) is 1. The average Bonchev–Trinajstić information content (AvgIpc) is 3.35. The molecule has 1 aromatic rings. The van der Waals surface area contributed by atoms with Gasteiger partial charge in [0.05, 0.1) is 13.1 Å². The van der Waals surface area contributed by atoms with Gasteiger partial charge in [0, 0.05) is 25.0 Å². The Hall–Kier alpha value is -3.40. The Balaban J connectivity index is 0.000000538. The molecule has 0 aromatic heterocycles. The number of benzene rings is 1. The molecule has 3 aliphatic rings. The molecule has 36 heavy (non-hydrogen) atoms. The largest absolute Gasteiger partial charge is 0.484 e. The molecule has 3 aliphatic heterocycles. The second kappa shape index (κ2) is 11.6. The lowest BCUT2D eigenvalue weighted by molar-refractivity contribution is -0.159. The van der Waals surface area contributed by atoms with Crippen molar-refractivity contribution in [2.45, 2.75) is 56.7 Å². The van der Waals surface area contributed by atoms with E-state index in [1.54, 1.807) is 4.90 Å². The number of halogens is 5. The van der Waals surface area contributed by atoms with Gasteiger partial charge in [-0.3, -0.25) is 9.69 Å². The Bertz CT molecular complexity index is 1050. The van der Waals surface area contributed by atoms with E-state index in [0.29, 0.717) is 32.4 Å². The number of carbonyl (C=O) groups is 3. The first-order valence-electron chi connectivity index (χ1n) is 11.1. The molecule has 1 amide bonds. The lowest BCUT2D eigenvalue weighted by Crippen LogP contribution is -2.46. The number of carboxylic acid groups (broad SMARTS) is 2. The number of aliphatic carboxylic acids is 2. The van der Waals surface area contributed by atoms with E-state index in [1.165, 1.54) is 0 Å². The summed E-state index contributed by atoms with van der Waals surface area (Å²) in [5, 5.41) is 14.8. The molecule has 3 heterocycles. The number of carboxylic acids is 2. The van der Waals surface area contributed by atoms with Crippen LogP contribution in [0.15, 0.2) is 0 Å². The molecule has 4 rings (SSSR count). The highest BCUT2D eigenvalue weighted by atomic mass is 19.2. The van der Waals surface area contributed by atoms with Crippen LogP contribution < -0.4 is 4.74 Å². The molecule has 3 atom stereocenters. The fourth-order valence-electron chi connectivity index (χ4n) is 4.60. The Labute approximate surface area is 202 Å². The highest BCUT2D eigenvalue weighted by molar-refractivity contribution is 6.27. The number of ether oxygens (including phenoxy) is 1. The number of amides is 1. The van der Waals surface area contributed by atoms with Crippen molar-refractivity contribution in [1.29, 1.82) is 0 Å². The summed E-state index contributed by atoms with van der Waals surface area (Å²) in [5.74, 6) is -8.71. The van der Waals surface area contributed by atoms with Gasteiger partial charge in [0.1, 0.15) is 6.10 Å². The summed E-state index contributed by atoms with van der Waals surface area (Å²) in [4.78, 5) is 33.7. The van der Waals surface area contributed by atoms with E-state index in [9.17, 15) is 26.7 Å². The third-order valence-corrected chi connectivity index (χ3v) is 6.31. The molecule has 8 nitrogen and oxygen atoms in total. The zero-order valence-corrected chi connectivity index (χ0v) is 18.9. The first kappa shape index (κ1) is 27.2. The average molecular weight is 518 g/mol. The van der Waals surface area contributed by atoms with Crippen molar-refractivity contribution in [3.8, 4) is 17.6 Å². The van der Waals surface area contributed by atoms with Gasteiger partial charge in [-0.2, -0.15) is 8.78 Å². The van der Waals surface area contributed by atoms with Crippen molar-refractivity contribution in [1.82, 2.24) is 9.80 Å². The van der Waals surface area contributed by atoms with E-state index in [0.717, 1.165) is 25.8 Å². The molecule has 1 unspecified atom stereocenters. The molecule has 196 valence electrons. The van der Waals surface area contributed by atoms with E-state index in [2.05, 4.69) is 16.7 Å². The number of hydrogen-bond donors (Lipinski definition) is 2. The van der Waals surface area contributed by atoms with Gasteiger partial charge < -0.3 is 19.8 Å². The lowest BCUT2D eigenvalue weighted by atomic mass is 9.99. The molecule has 2 N–H and O–H groups in total. The van der Waals surface area contributed by atoms with Gasteiger partial charge >= 0.3 is 11.9 Å². The summed E-state index contributed by atoms with van der Waals surface area (Å²) < 4.78 is 73.1. The number of rotatable bonds is 4. The van der Waals surface area contributed by atoms with Crippen LogP contribution in [0.25, 0.3) is 0 Å². The van der Waals surface area contributed by atoms with Crippen molar-refractivity contribution in [3.63, 3.8) is 0 Å². The predicted molar refractivity (Wildman–Crippen MR) is 112 cm³/mol. The summed E-state index contributed by atoms with van der Waals surface area (Å²) in [6.07, 6.45) is 3.35. The summed E-state index contributed by atoms with van der Waals surface area (Å²) in [6.45, 7) is 1.65. The van der Waals surface area contributed by atoms with Crippen molar-refractivity contribution in [2.75, 3.05) is 19.6 Å². The first-order valence-corrected chi connectivity index (χ1v) is 11.1. The van der Waals surface area contributed by atoms with Gasteiger partial charge in [0.15, 0.2) is 5.75 Å². The van der Waals surface area contributed by atoms with Crippen LogP contribution >= 0.6 is 0 Å². The first-order chi connectivity index (χ1) is 17.0. The minimum absolute atomic E-state index is 0.0673. The Morgan fingerprint density at radius 1 is 0.861 bits per heavy atom. The maximum Gasteiger partial charge on any atom is 0.414 e. The molecule has 0 spiro atoms. The number of piperidine rings is 1. The molecule has 13 heteroatoms. The van der Waals surface area contributed by atoms with Gasteiger partial charge in [-0.15, -0.1) is 0 Å². The molecule has 1 aromatic carbocycles. The highest BCUT2D eigenvalue weighted by Crippen LogP contribution is 2.38. The third kappa shape index (κ3) is 6.04. The molecular weight excluding hydrogens is 495 g/mol.